The Morgan fingerprint density at radius 2 is 1.91 bits per heavy atom. The van der Waals surface area contributed by atoms with Crippen LogP contribution in [0, 0.1) is 19.8 Å². The van der Waals surface area contributed by atoms with E-state index in [1.807, 2.05) is 44.2 Å². The summed E-state index contributed by atoms with van der Waals surface area (Å²) in [5.41, 5.74) is 7.91. The molecular formula is C17H18N2O2S. The molecule has 0 spiro atoms. The molecule has 1 saturated carbocycles. The van der Waals surface area contributed by atoms with E-state index in [1.54, 1.807) is 0 Å². The maximum absolute atomic E-state index is 12.4. The van der Waals surface area contributed by atoms with Crippen LogP contribution in [-0.2, 0) is 4.79 Å². The third-order valence-corrected chi connectivity index (χ3v) is 5.35. The molecule has 1 aliphatic carbocycles. The van der Waals surface area contributed by atoms with Crippen LogP contribution in [-0.4, -0.2) is 11.8 Å². The summed E-state index contributed by atoms with van der Waals surface area (Å²) >= 11 is 1.41. The first-order chi connectivity index (χ1) is 10.5. The lowest BCUT2D eigenvalue weighted by molar-refractivity contribution is -0.117. The van der Waals surface area contributed by atoms with Gasteiger partial charge in [-0.3, -0.25) is 9.59 Å². The molecule has 3 rings (SSSR count). The summed E-state index contributed by atoms with van der Waals surface area (Å²) in [5.74, 6) is -0.267. The first kappa shape index (κ1) is 14.8. The highest BCUT2D eigenvalue weighted by atomic mass is 32.1. The van der Waals surface area contributed by atoms with Crippen LogP contribution in [0.15, 0.2) is 30.3 Å². The van der Waals surface area contributed by atoms with E-state index in [9.17, 15) is 9.59 Å². The molecule has 4 nitrogen and oxygen atoms in total. The minimum absolute atomic E-state index is 0.0224. The minimum atomic E-state index is -0.493. The van der Waals surface area contributed by atoms with Gasteiger partial charge in [-0.15, -0.1) is 11.3 Å². The van der Waals surface area contributed by atoms with Gasteiger partial charge in [-0.1, -0.05) is 30.3 Å². The van der Waals surface area contributed by atoms with E-state index in [4.69, 9.17) is 5.73 Å². The van der Waals surface area contributed by atoms with Crippen LogP contribution < -0.4 is 11.1 Å². The summed E-state index contributed by atoms with van der Waals surface area (Å²) < 4.78 is 0. The predicted molar refractivity (Wildman–Crippen MR) is 88.2 cm³/mol. The maximum Gasteiger partial charge on any atom is 0.251 e. The molecule has 2 amide bonds. The van der Waals surface area contributed by atoms with Crippen molar-refractivity contribution in [3.8, 4) is 0 Å². The number of hydrogen-bond donors (Lipinski definition) is 2. The molecule has 2 aromatic rings. The fourth-order valence-electron chi connectivity index (χ4n) is 2.77. The first-order valence-electron chi connectivity index (χ1n) is 7.24. The van der Waals surface area contributed by atoms with Crippen molar-refractivity contribution in [2.24, 2.45) is 11.7 Å². The molecule has 1 fully saturated rings. The molecule has 5 heteroatoms. The maximum atomic E-state index is 12.4. The second kappa shape index (κ2) is 5.57. The lowest BCUT2D eigenvalue weighted by Gasteiger charge is -2.05. The van der Waals surface area contributed by atoms with Gasteiger partial charge >= 0.3 is 0 Å². The van der Waals surface area contributed by atoms with E-state index in [2.05, 4.69) is 5.32 Å². The molecule has 0 saturated heterocycles. The molecule has 1 aliphatic rings. The van der Waals surface area contributed by atoms with Gasteiger partial charge in [0.2, 0.25) is 5.91 Å². The Labute approximate surface area is 133 Å². The smallest absolute Gasteiger partial charge is 0.251 e. The van der Waals surface area contributed by atoms with Crippen LogP contribution in [0.25, 0.3) is 0 Å². The van der Waals surface area contributed by atoms with Gasteiger partial charge in [-0.25, -0.2) is 0 Å². The van der Waals surface area contributed by atoms with Gasteiger partial charge in [0.15, 0.2) is 0 Å². The summed E-state index contributed by atoms with van der Waals surface area (Å²) in [5, 5.41) is 3.47. The van der Waals surface area contributed by atoms with Gasteiger partial charge in [-0.05, 0) is 37.3 Å². The zero-order valence-corrected chi connectivity index (χ0v) is 13.4. The average Bonchev–Trinajstić information content (AvgIpc) is 3.23. The van der Waals surface area contributed by atoms with E-state index >= 15 is 0 Å². The Balaban J connectivity index is 1.74. The fourth-order valence-corrected chi connectivity index (χ4v) is 3.84. The normalized spacial score (nSPS) is 19.7. The van der Waals surface area contributed by atoms with Gasteiger partial charge in [0.25, 0.3) is 5.91 Å². The number of nitrogens with one attached hydrogen (secondary N) is 1. The predicted octanol–water partition coefficient (Wildman–Crippen LogP) is 3.21. The SMILES string of the molecule is Cc1sc(NC(=O)[C@H]2C[C@H]2c2ccccc2)c(C(N)=O)c1C. The van der Waals surface area contributed by atoms with Gasteiger partial charge in [-0.2, -0.15) is 0 Å². The van der Waals surface area contributed by atoms with E-state index in [1.165, 1.54) is 16.9 Å². The van der Waals surface area contributed by atoms with Crippen molar-refractivity contribution < 1.29 is 9.59 Å². The van der Waals surface area contributed by atoms with Crippen molar-refractivity contribution in [1.29, 1.82) is 0 Å². The molecule has 2 atom stereocenters. The van der Waals surface area contributed by atoms with Gasteiger partial charge in [0, 0.05) is 10.8 Å². The van der Waals surface area contributed by atoms with Crippen molar-refractivity contribution in [2.75, 3.05) is 5.32 Å². The van der Waals surface area contributed by atoms with Crippen LogP contribution >= 0.6 is 11.3 Å². The van der Waals surface area contributed by atoms with Crippen LogP contribution in [0.1, 0.15) is 38.7 Å². The Kier molecular flexibility index (Phi) is 3.74. The number of thiophene rings is 1. The number of carbonyl (C=O) groups is 2. The Morgan fingerprint density at radius 3 is 2.55 bits per heavy atom. The molecule has 114 valence electrons. The summed E-state index contributed by atoms with van der Waals surface area (Å²) in [4.78, 5) is 25.0. The summed E-state index contributed by atoms with van der Waals surface area (Å²) in [7, 11) is 0. The zero-order valence-electron chi connectivity index (χ0n) is 12.6. The van der Waals surface area contributed by atoms with Crippen molar-refractivity contribution in [3.05, 3.63) is 51.9 Å². The van der Waals surface area contributed by atoms with Crippen LogP contribution in [0.4, 0.5) is 5.00 Å². The molecule has 0 unspecified atom stereocenters. The lowest BCUT2D eigenvalue weighted by atomic mass is 10.1. The molecule has 1 heterocycles. The fraction of sp³-hybridized carbons (Fsp3) is 0.294. The van der Waals surface area contributed by atoms with E-state index in [-0.39, 0.29) is 17.7 Å². The van der Waals surface area contributed by atoms with Crippen molar-refractivity contribution >= 4 is 28.2 Å². The van der Waals surface area contributed by atoms with Gasteiger partial charge in [0.05, 0.1) is 5.56 Å². The minimum Gasteiger partial charge on any atom is -0.365 e. The molecule has 1 aromatic carbocycles. The third kappa shape index (κ3) is 2.64. The molecule has 1 aromatic heterocycles. The molecule has 0 radical (unpaired) electrons. The molecule has 22 heavy (non-hydrogen) atoms. The topological polar surface area (TPSA) is 72.2 Å². The molecule has 0 aliphatic heterocycles. The Morgan fingerprint density at radius 1 is 1.23 bits per heavy atom. The number of benzene rings is 1. The zero-order chi connectivity index (χ0) is 15.9. The Bertz CT molecular complexity index is 737. The summed E-state index contributed by atoms with van der Waals surface area (Å²) in [6.07, 6.45) is 0.852. The second-order valence-electron chi connectivity index (χ2n) is 5.70. The number of carbonyl (C=O) groups excluding carboxylic acids is 2. The van der Waals surface area contributed by atoms with Gasteiger partial charge in [0.1, 0.15) is 5.00 Å². The number of hydrogen-bond acceptors (Lipinski definition) is 3. The number of amides is 2. The average molecular weight is 314 g/mol. The highest BCUT2D eigenvalue weighted by Crippen LogP contribution is 2.48. The standard InChI is InChI=1S/C17H18N2O2S/c1-9-10(2)22-17(14(9)15(18)20)19-16(21)13-8-12(13)11-6-4-3-5-7-11/h3-7,12-13H,8H2,1-2H3,(H2,18,20)(H,19,21)/t12-,13-/m0/s1. The van der Waals surface area contributed by atoms with E-state index < -0.39 is 5.91 Å². The highest BCUT2D eigenvalue weighted by Gasteiger charge is 2.44. The third-order valence-electron chi connectivity index (χ3n) is 4.22. The molecule has 3 N–H and O–H groups in total. The first-order valence-corrected chi connectivity index (χ1v) is 8.06. The van der Waals surface area contributed by atoms with Crippen molar-refractivity contribution in [2.45, 2.75) is 26.2 Å². The second-order valence-corrected chi connectivity index (χ2v) is 6.92. The number of primary amides is 1. The van der Waals surface area contributed by atoms with Crippen LogP contribution in [0.2, 0.25) is 0 Å². The summed E-state index contributed by atoms with van der Waals surface area (Å²) in [6.45, 7) is 3.78. The van der Waals surface area contributed by atoms with Crippen LogP contribution in [0.3, 0.4) is 0 Å². The monoisotopic (exact) mass is 314 g/mol. The van der Waals surface area contributed by atoms with E-state index in [0.29, 0.717) is 10.6 Å². The molecule has 0 bridgehead atoms. The number of anilines is 1. The van der Waals surface area contributed by atoms with Crippen molar-refractivity contribution in [1.82, 2.24) is 0 Å². The largest absolute Gasteiger partial charge is 0.365 e. The van der Waals surface area contributed by atoms with E-state index in [0.717, 1.165) is 16.9 Å². The quantitative estimate of drug-likeness (QED) is 0.909. The lowest BCUT2D eigenvalue weighted by Crippen LogP contribution is -2.18. The highest BCUT2D eigenvalue weighted by molar-refractivity contribution is 7.16. The molecular weight excluding hydrogens is 296 g/mol. The van der Waals surface area contributed by atoms with Gasteiger partial charge < -0.3 is 11.1 Å². The van der Waals surface area contributed by atoms with Crippen molar-refractivity contribution in [3.63, 3.8) is 0 Å². The Hall–Kier alpha value is -2.14. The summed E-state index contributed by atoms with van der Waals surface area (Å²) in [6, 6.07) is 10.0. The number of aryl methyl sites for hydroxylation is 1. The van der Waals surface area contributed by atoms with Crippen LogP contribution in [0.5, 0.6) is 0 Å². The number of rotatable bonds is 4. The number of nitrogens with two attached hydrogens (primary N) is 1.